The molecule has 0 unspecified atom stereocenters. The van der Waals surface area contributed by atoms with Crippen LogP contribution in [0.4, 0.5) is 0 Å². The molecule has 0 aliphatic heterocycles. The van der Waals surface area contributed by atoms with Crippen molar-refractivity contribution in [1.82, 2.24) is 24.7 Å². The van der Waals surface area contributed by atoms with Gasteiger partial charge in [-0.05, 0) is 0 Å². The van der Waals surface area contributed by atoms with Crippen LogP contribution in [0.2, 0.25) is 0 Å². The van der Waals surface area contributed by atoms with E-state index in [1.807, 2.05) is 0 Å². The molecule has 0 aromatic carbocycles. The Balaban J connectivity index is 2.36. The molecule has 0 fully saturated rings. The highest BCUT2D eigenvalue weighted by atomic mass is 16.4. The molecule has 8 heteroatoms. The van der Waals surface area contributed by atoms with E-state index in [0.29, 0.717) is 5.82 Å². The molecule has 2 rings (SSSR count). The van der Waals surface area contributed by atoms with Gasteiger partial charge < -0.3 is 10.9 Å². The van der Waals surface area contributed by atoms with Crippen LogP contribution >= 0.6 is 0 Å². The Morgan fingerprint density at radius 2 is 2.27 bits per heavy atom. The fraction of sp³-hybridized carbons (Fsp3) is 0. The summed E-state index contributed by atoms with van der Waals surface area (Å²) in [7, 11) is 0. The minimum atomic E-state index is -0.155. The van der Waals surface area contributed by atoms with Crippen molar-refractivity contribution in [3.05, 3.63) is 30.7 Å². The van der Waals surface area contributed by atoms with Gasteiger partial charge in [0.05, 0.1) is 6.20 Å². The van der Waals surface area contributed by atoms with Gasteiger partial charge in [-0.2, -0.15) is 0 Å². The molecular formula is C7H7N7O. The monoisotopic (exact) mass is 205 g/mol. The van der Waals surface area contributed by atoms with Crippen LogP contribution in [0.1, 0.15) is 5.82 Å². The molecule has 0 atom stereocenters. The summed E-state index contributed by atoms with van der Waals surface area (Å²) in [6.45, 7) is 0. The van der Waals surface area contributed by atoms with Crippen molar-refractivity contribution in [3.63, 3.8) is 0 Å². The number of nitrogens with zero attached hydrogens (tertiary/aromatic N) is 6. The number of nitrogens with two attached hydrogens (primary N) is 1. The largest absolute Gasteiger partial charge is 0.409 e. The Morgan fingerprint density at radius 1 is 1.40 bits per heavy atom. The van der Waals surface area contributed by atoms with Gasteiger partial charge in [0.25, 0.3) is 0 Å². The maximum Gasteiger partial charge on any atom is 0.220 e. The fourth-order valence-corrected chi connectivity index (χ4v) is 0.945. The summed E-state index contributed by atoms with van der Waals surface area (Å²) in [6.07, 6.45) is 5.99. The first-order valence-corrected chi connectivity index (χ1v) is 3.97. The third kappa shape index (κ3) is 1.73. The molecule has 0 amide bonds. The Hall–Kier alpha value is -2.51. The van der Waals surface area contributed by atoms with Crippen molar-refractivity contribution in [1.29, 1.82) is 0 Å². The molecule has 0 aliphatic carbocycles. The van der Waals surface area contributed by atoms with E-state index in [1.54, 1.807) is 6.20 Å². The van der Waals surface area contributed by atoms with Crippen LogP contribution in [0.3, 0.4) is 0 Å². The second-order valence-electron chi connectivity index (χ2n) is 2.56. The van der Waals surface area contributed by atoms with Crippen LogP contribution in [0.5, 0.6) is 0 Å². The lowest BCUT2D eigenvalue weighted by Crippen LogP contribution is -2.15. The third-order valence-electron chi connectivity index (χ3n) is 1.61. The minimum Gasteiger partial charge on any atom is -0.409 e. The summed E-state index contributed by atoms with van der Waals surface area (Å²) in [5, 5.41) is 15.1. The van der Waals surface area contributed by atoms with Crippen molar-refractivity contribution in [2.45, 2.75) is 0 Å². The summed E-state index contributed by atoms with van der Waals surface area (Å²) in [4.78, 5) is 11.7. The normalized spacial score (nSPS) is 11.6. The average Bonchev–Trinajstić information content (AvgIpc) is 2.78. The summed E-state index contributed by atoms with van der Waals surface area (Å²) >= 11 is 0. The maximum atomic E-state index is 8.41. The highest BCUT2D eigenvalue weighted by molar-refractivity contribution is 5.93. The van der Waals surface area contributed by atoms with E-state index in [1.165, 1.54) is 23.4 Å². The number of hydrogen-bond donors (Lipinski definition) is 2. The van der Waals surface area contributed by atoms with Gasteiger partial charge in [-0.1, -0.05) is 5.16 Å². The first kappa shape index (κ1) is 9.06. The Morgan fingerprint density at radius 3 is 2.93 bits per heavy atom. The molecule has 2 aromatic rings. The molecule has 15 heavy (non-hydrogen) atoms. The molecule has 0 radical (unpaired) electrons. The number of aromatic nitrogens is 5. The van der Waals surface area contributed by atoms with E-state index < -0.39 is 0 Å². The molecule has 0 saturated heterocycles. The molecule has 0 aliphatic rings. The van der Waals surface area contributed by atoms with Gasteiger partial charge in [-0.3, -0.25) is 4.98 Å². The van der Waals surface area contributed by atoms with Crippen molar-refractivity contribution in [3.8, 4) is 5.82 Å². The molecule has 2 aromatic heterocycles. The van der Waals surface area contributed by atoms with E-state index in [9.17, 15) is 0 Å². The topological polar surface area (TPSA) is 115 Å². The molecule has 0 saturated carbocycles. The number of rotatable bonds is 2. The van der Waals surface area contributed by atoms with Gasteiger partial charge in [0, 0.05) is 12.4 Å². The quantitative estimate of drug-likeness (QED) is 0.285. The smallest absolute Gasteiger partial charge is 0.220 e. The lowest BCUT2D eigenvalue weighted by Gasteiger charge is -1.95. The van der Waals surface area contributed by atoms with Crippen molar-refractivity contribution in [2.24, 2.45) is 10.9 Å². The SMILES string of the molecule is NC(=NO)c1ncn(-c2cnccn2)n1. The predicted octanol–water partition coefficient (Wildman–Crippen LogP) is -0.848. The van der Waals surface area contributed by atoms with Crippen LogP contribution in [0.15, 0.2) is 30.1 Å². The Labute approximate surface area is 84.1 Å². The van der Waals surface area contributed by atoms with E-state index in [0.717, 1.165) is 0 Å². The molecule has 0 spiro atoms. The van der Waals surface area contributed by atoms with Crippen LogP contribution in [-0.4, -0.2) is 35.8 Å². The van der Waals surface area contributed by atoms with E-state index in [2.05, 4.69) is 25.2 Å². The van der Waals surface area contributed by atoms with Gasteiger partial charge in [-0.25, -0.2) is 14.6 Å². The first-order chi connectivity index (χ1) is 7.31. The predicted molar refractivity (Wildman–Crippen MR) is 49.5 cm³/mol. The lowest BCUT2D eigenvalue weighted by atomic mass is 10.6. The number of amidine groups is 1. The molecule has 3 N–H and O–H groups in total. The standard InChI is InChI=1S/C7H7N7O/c8-6(13-15)7-11-4-14(12-7)5-3-9-1-2-10-5/h1-4,15H,(H2,8,13). The van der Waals surface area contributed by atoms with Crippen LogP contribution in [0.25, 0.3) is 5.82 Å². The van der Waals surface area contributed by atoms with Crippen LogP contribution in [0, 0.1) is 0 Å². The van der Waals surface area contributed by atoms with E-state index >= 15 is 0 Å². The summed E-state index contributed by atoms with van der Waals surface area (Å²) in [5.41, 5.74) is 5.31. The molecule has 0 bridgehead atoms. The minimum absolute atomic E-state index is 0.128. The van der Waals surface area contributed by atoms with Crippen LogP contribution < -0.4 is 5.73 Å². The van der Waals surface area contributed by atoms with Gasteiger partial charge in [0.15, 0.2) is 5.82 Å². The lowest BCUT2D eigenvalue weighted by molar-refractivity contribution is 0.318. The second-order valence-corrected chi connectivity index (χ2v) is 2.56. The maximum absolute atomic E-state index is 8.41. The van der Waals surface area contributed by atoms with E-state index in [-0.39, 0.29) is 11.7 Å². The molecule has 2 heterocycles. The molecule has 8 nitrogen and oxygen atoms in total. The summed E-state index contributed by atoms with van der Waals surface area (Å²) < 4.78 is 1.38. The van der Waals surface area contributed by atoms with Crippen molar-refractivity contribution < 1.29 is 5.21 Å². The molecular weight excluding hydrogens is 198 g/mol. The highest BCUT2D eigenvalue weighted by Crippen LogP contribution is 1.98. The van der Waals surface area contributed by atoms with Gasteiger partial charge in [0.2, 0.25) is 11.7 Å². The second kappa shape index (κ2) is 3.70. The summed E-state index contributed by atoms with van der Waals surface area (Å²) in [5.74, 6) is 0.475. The zero-order valence-electron chi connectivity index (χ0n) is 7.52. The first-order valence-electron chi connectivity index (χ1n) is 3.97. The molecule has 76 valence electrons. The van der Waals surface area contributed by atoms with Crippen molar-refractivity contribution >= 4 is 5.84 Å². The summed E-state index contributed by atoms with van der Waals surface area (Å²) in [6, 6.07) is 0. The highest BCUT2D eigenvalue weighted by Gasteiger charge is 2.07. The number of hydrogen-bond acceptors (Lipinski definition) is 6. The van der Waals surface area contributed by atoms with Gasteiger partial charge in [0.1, 0.15) is 6.33 Å². The van der Waals surface area contributed by atoms with Crippen LogP contribution in [-0.2, 0) is 0 Å². The third-order valence-corrected chi connectivity index (χ3v) is 1.61. The van der Waals surface area contributed by atoms with E-state index in [4.69, 9.17) is 10.9 Å². The zero-order valence-corrected chi connectivity index (χ0v) is 7.52. The number of oxime groups is 1. The average molecular weight is 205 g/mol. The van der Waals surface area contributed by atoms with Gasteiger partial charge in [-0.15, -0.1) is 5.10 Å². The fourth-order valence-electron chi connectivity index (χ4n) is 0.945. The Bertz CT molecular complexity index is 477. The zero-order chi connectivity index (χ0) is 10.7. The van der Waals surface area contributed by atoms with Crippen molar-refractivity contribution in [2.75, 3.05) is 0 Å². The Kier molecular flexibility index (Phi) is 2.23. The van der Waals surface area contributed by atoms with Gasteiger partial charge >= 0.3 is 0 Å².